The van der Waals surface area contributed by atoms with Crippen molar-refractivity contribution in [3.63, 3.8) is 0 Å². The summed E-state index contributed by atoms with van der Waals surface area (Å²) in [6.45, 7) is 0. The molecule has 0 atom stereocenters. The van der Waals surface area contributed by atoms with Crippen LogP contribution in [0.15, 0.2) is 97.1 Å². The van der Waals surface area contributed by atoms with E-state index in [1.165, 1.54) is 0 Å². The maximum Gasteiger partial charge on any atom is 0.258 e. The monoisotopic (exact) mass is 370 g/mol. The summed E-state index contributed by atoms with van der Waals surface area (Å²) in [4.78, 5) is 14.0. The summed E-state index contributed by atoms with van der Waals surface area (Å²) in [6.07, 6.45) is 0. The lowest BCUT2D eigenvalue weighted by Crippen LogP contribution is -2.12. The van der Waals surface area contributed by atoms with Crippen LogP contribution < -0.4 is 10.6 Å². The standard InChI is InChI=1S/C23H18N2OS/c26-22(24-18-12-6-2-7-13-18)20-16-21(17-10-4-1-5-11-17)27-23(20)25-19-14-8-3-9-15-19/h1-16,25H,(H,24,26). The van der Waals surface area contributed by atoms with Crippen molar-refractivity contribution < 1.29 is 4.79 Å². The van der Waals surface area contributed by atoms with E-state index in [1.54, 1.807) is 11.3 Å². The molecule has 4 aromatic rings. The van der Waals surface area contributed by atoms with Crippen LogP contribution in [0.25, 0.3) is 10.4 Å². The van der Waals surface area contributed by atoms with E-state index in [0.717, 1.165) is 26.8 Å². The highest BCUT2D eigenvalue weighted by molar-refractivity contribution is 7.20. The lowest BCUT2D eigenvalue weighted by molar-refractivity contribution is 0.102. The SMILES string of the molecule is O=C(Nc1ccccc1)c1cc(-c2ccccc2)sc1Nc1ccccc1. The quantitative estimate of drug-likeness (QED) is 0.426. The topological polar surface area (TPSA) is 41.1 Å². The molecule has 0 aliphatic heterocycles. The summed E-state index contributed by atoms with van der Waals surface area (Å²) in [5, 5.41) is 7.19. The summed E-state index contributed by atoms with van der Waals surface area (Å²) in [6, 6.07) is 31.4. The number of benzene rings is 3. The molecule has 3 nitrogen and oxygen atoms in total. The van der Waals surface area contributed by atoms with Gasteiger partial charge in [0.25, 0.3) is 5.91 Å². The number of anilines is 3. The fraction of sp³-hybridized carbons (Fsp3) is 0. The number of hydrogen-bond acceptors (Lipinski definition) is 3. The van der Waals surface area contributed by atoms with Gasteiger partial charge < -0.3 is 10.6 Å². The van der Waals surface area contributed by atoms with Gasteiger partial charge in [0, 0.05) is 16.3 Å². The van der Waals surface area contributed by atoms with E-state index in [1.807, 2.05) is 84.9 Å². The van der Waals surface area contributed by atoms with E-state index in [9.17, 15) is 4.79 Å². The van der Waals surface area contributed by atoms with Crippen LogP contribution in [0.3, 0.4) is 0 Å². The second-order valence-electron chi connectivity index (χ2n) is 6.03. The van der Waals surface area contributed by atoms with Crippen molar-refractivity contribution in [1.82, 2.24) is 0 Å². The molecular weight excluding hydrogens is 352 g/mol. The summed E-state index contributed by atoms with van der Waals surface area (Å²) in [7, 11) is 0. The Morgan fingerprint density at radius 2 is 1.26 bits per heavy atom. The minimum absolute atomic E-state index is 0.127. The van der Waals surface area contributed by atoms with Crippen molar-refractivity contribution in [2.24, 2.45) is 0 Å². The first-order valence-electron chi connectivity index (χ1n) is 8.67. The molecule has 1 amide bonds. The predicted octanol–water partition coefficient (Wildman–Crippen LogP) is 6.41. The lowest BCUT2D eigenvalue weighted by atomic mass is 10.1. The van der Waals surface area contributed by atoms with Crippen LogP contribution in [-0.2, 0) is 0 Å². The van der Waals surface area contributed by atoms with E-state index >= 15 is 0 Å². The lowest BCUT2D eigenvalue weighted by Gasteiger charge is -2.08. The van der Waals surface area contributed by atoms with Crippen LogP contribution in [0.4, 0.5) is 16.4 Å². The van der Waals surface area contributed by atoms with Crippen LogP contribution in [0.2, 0.25) is 0 Å². The van der Waals surface area contributed by atoms with Crippen molar-refractivity contribution >= 4 is 33.6 Å². The van der Waals surface area contributed by atoms with Crippen LogP contribution in [0.5, 0.6) is 0 Å². The van der Waals surface area contributed by atoms with Crippen LogP contribution >= 0.6 is 11.3 Å². The van der Waals surface area contributed by atoms with Gasteiger partial charge in [-0.3, -0.25) is 4.79 Å². The molecule has 0 aliphatic rings. The third-order valence-electron chi connectivity index (χ3n) is 4.10. The third kappa shape index (κ3) is 4.07. The van der Waals surface area contributed by atoms with Crippen LogP contribution in [0, 0.1) is 0 Å². The van der Waals surface area contributed by atoms with Crippen molar-refractivity contribution in [3.8, 4) is 10.4 Å². The molecule has 1 aromatic heterocycles. The molecule has 0 fully saturated rings. The largest absolute Gasteiger partial charge is 0.347 e. The first-order valence-corrected chi connectivity index (χ1v) is 9.49. The molecule has 0 saturated carbocycles. The second kappa shape index (κ2) is 7.89. The van der Waals surface area contributed by atoms with Gasteiger partial charge in [0.05, 0.1) is 5.56 Å². The molecule has 1 heterocycles. The Balaban J connectivity index is 1.69. The first-order chi connectivity index (χ1) is 13.3. The van der Waals surface area contributed by atoms with Crippen molar-refractivity contribution in [3.05, 3.63) is 103 Å². The predicted molar refractivity (Wildman–Crippen MR) is 114 cm³/mol. The average molecular weight is 370 g/mol. The van der Waals surface area contributed by atoms with Gasteiger partial charge >= 0.3 is 0 Å². The van der Waals surface area contributed by atoms with Crippen molar-refractivity contribution in [2.45, 2.75) is 0 Å². The van der Waals surface area contributed by atoms with Crippen molar-refractivity contribution in [2.75, 3.05) is 10.6 Å². The van der Waals surface area contributed by atoms with Gasteiger partial charge in [0.1, 0.15) is 5.00 Å². The Bertz CT molecular complexity index is 1030. The molecule has 0 spiro atoms. The zero-order valence-corrected chi connectivity index (χ0v) is 15.4. The minimum Gasteiger partial charge on any atom is -0.347 e. The normalized spacial score (nSPS) is 10.4. The molecule has 27 heavy (non-hydrogen) atoms. The van der Waals surface area contributed by atoms with E-state index in [-0.39, 0.29) is 5.91 Å². The highest BCUT2D eigenvalue weighted by Crippen LogP contribution is 2.37. The number of amides is 1. The number of nitrogens with one attached hydrogen (secondary N) is 2. The Hall–Kier alpha value is -3.37. The molecule has 0 saturated heterocycles. The molecule has 4 heteroatoms. The smallest absolute Gasteiger partial charge is 0.258 e. The third-order valence-corrected chi connectivity index (χ3v) is 5.20. The fourth-order valence-electron chi connectivity index (χ4n) is 2.77. The minimum atomic E-state index is -0.127. The molecule has 2 N–H and O–H groups in total. The first kappa shape index (κ1) is 17.1. The summed E-state index contributed by atoms with van der Waals surface area (Å²) in [5.41, 5.74) is 3.46. The van der Waals surface area contributed by atoms with Crippen LogP contribution in [-0.4, -0.2) is 5.91 Å². The summed E-state index contributed by atoms with van der Waals surface area (Å²) >= 11 is 1.57. The van der Waals surface area contributed by atoms with Gasteiger partial charge in [-0.25, -0.2) is 0 Å². The Morgan fingerprint density at radius 1 is 0.704 bits per heavy atom. The fourth-order valence-corrected chi connectivity index (χ4v) is 3.85. The average Bonchev–Trinajstić information content (AvgIpc) is 3.14. The summed E-state index contributed by atoms with van der Waals surface area (Å²) in [5.74, 6) is -0.127. The molecule has 0 aliphatic carbocycles. The molecule has 4 rings (SSSR count). The second-order valence-corrected chi connectivity index (χ2v) is 7.08. The summed E-state index contributed by atoms with van der Waals surface area (Å²) < 4.78 is 0. The van der Waals surface area contributed by atoms with E-state index in [2.05, 4.69) is 22.8 Å². The molecule has 0 bridgehead atoms. The van der Waals surface area contributed by atoms with Gasteiger partial charge in [0.2, 0.25) is 0 Å². The van der Waals surface area contributed by atoms with Gasteiger partial charge in [-0.15, -0.1) is 11.3 Å². The molecule has 0 unspecified atom stereocenters. The Labute approximate surface area is 162 Å². The maximum atomic E-state index is 12.9. The number of thiophene rings is 1. The van der Waals surface area contributed by atoms with Gasteiger partial charge in [-0.05, 0) is 35.9 Å². The van der Waals surface area contributed by atoms with E-state index in [4.69, 9.17) is 0 Å². The number of para-hydroxylation sites is 2. The zero-order chi connectivity index (χ0) is 18.5. The van der Waals surface area contributed by atoms with Gasteiger partial charge in [-0.2, -0.15) is 0 Å². The Kier molecular flexibility index (Phi) is 4.99. The van der Waals surface area contributed by atoms with Crippen LogP contribution in [0.1, 0.15) is 10.4 Å². The maximum absolute atomic E-state index is 12.9. The molecule has 132 valence electrons. The Morgan fingerprint density at radius 3 is 1.89 bits per heavy atom. The van der Waals surface area contributed by atoms with Crippen molar-refractivity contribution in [1.29, 1.82) is 0 Å². The number of carbonyl (C=O) groups is 1. The van der Waals surface area contributed by atoms with E-state index < -0.39 is 0 Å². The molecular formula is C23H18N2OS. The van der Waals surface area contributed by atoms with Gasteiger partial charge in [0.15, 0.2) is 0 Å². The zero-order valence-electron chi connectivity index (χ0n) is 14.6. The molecule has 0 radical (unpaired) electrons. The molecule has 3 aromatic carbocycles. The number of carbonyl (C=O) groups excluding carboxylic acids is 1. The highest BCUT2D eigenvalue weighted by atomic mass is 32.1. The number of rotatable bonds is 5. The highest BCUT2D eigenvalue weighted by Gasteiger charge is 2.17. The van der Waals surface area contributed by atoms with E-state index in [0.29, 0.717) is 5.56 Å². The number of hydrogen-bond donors (Lipinski definition) is 2. The van der Waals surface area contributed by atoms with Gasteiger partial charge in [-0.1, -0.05) is 66.7 Å².